The first-order valence-electron chi connectivity index (χ1n) is 7.89. The minimum Gasteiger partial charge on any atom is -0.370 e. The molecule has 2 aromatic rings. The van der Waals surface area contributed by atoms with Crippen molar-refractivity contribution in [3.63, 3.8) is 0 Å². The van der Waals surface area contributed by atoms with Crippen LogP contribution >= 0.6 is 0 Å². The van der Waals surface area contributed by atoms with Crippen LogP contribution in [0.3, 0.4) is 0 Å². The van der Waals surface area contributed by atoms with Gasteiger partial charge in [-0.25, -0.2) is 9.97 Å². The number of nitrogens with zero attached hydrogens (tertiary/aromatic N) is 3. The average Bonchev–Trinajstić information content (AvgIpc) is 2.54. The van der Waals surface area contributed by atoms with Crippen molar-refractivity contribution in [3.8, 4) is 6.07 Å². The maximum atomic E-state index is 12.4. The Morgan fingerprint density at radius 3 is 2.58 bits per heavy atom. The number of hydrogen-bond acceptors (Lipinski definition) is 5. The van der Waals surface area contributed by atoms with E-state index < -0.39 is 0 Å². The van der Waals surface area contributed by atoms with Gasteiger partial charge in [0, 0.05) is 18.3 Å². The van der Waals surface area contributed by atoms with E-state index in [2.05, 4.69) is 34.4 Å². The lowest BCUT2D eigenvalue weighted by Crippen LogP contribution is -2.16. The predicted molar refractivity (Wildman–Crippen MR) is 93.8 cm³/mol. The number of aryl methyl sites for hydroxylation is 1. The van der Waals surface area contributed by atoms with Crippen molar-refractivity contribution >= 4 is 17.4 Å². The Labute approximate surface area is 142 Å². The number of nitrogens with one attached hydrogen (secondary N) is 2. The Morgan fingerprint density at radius 2 is 1.96 bits per heavy atom. The molecular formula is C18H21N5O. The first kappa shape index (κ1) is 17.4. The third-order valence-corrected chi connectivity index (χ3v) is 3.37. The Hall–Kier alpha value is -2.94. The van der Waals surface area contributed by atoms with E-state index in [1.807, 2.05) is 6.07 Å². The van der Waals surface area contributed by atoms with Gasteiger partial charge >= 0.3 is 0 Å². The molecule has 0 saturated heterocycles. The fourth-order valence-corrected chi connectivity index (χ4v) is 2.09. The zero-order valence-corrected chi connectivity index (χ0v) is 14.1. The van der Waals surface area contributed by atoms with Crippen molar-refractivity contribution in [2.45, 2.75) is 27.2 Å². The third-order valence-electron chi connectivity index (χ3n) is 3.37. The molecule has 0 spiro atoms. The molecule has 6 heteroatoms. The second-order valence-electron chi connectivity index (χ2n) is 5.94. The molecule has 0 atom stereocenters. The number of hydrogen-bond donors (Lipinski definition) is 2. The highest BCUT2D eigenvalue weighted by molar-refractivity contribution is 6.03. The Morgan fingerprint density at radius 1 is 1.25 bits per heavy atom. The molecule has 1 heterocycles. The monoisotopic (exact) mass is 323 g/mol. The molecule has 124 valence electrons. The number of aromatic nitrogens is 2. The van der Waals surface area contributed by atoms with Crippen LogP contribution in [0.15, 0.2) is 30.3 Å². The van der Waals surface area contributed by atoms with Gasteiger partial charge in [-0.1, -0.05) is 13.8 Å². The summed E-state index contributed by atoms with van der Waals surface area (Å²) in [6.45, 7) is 6.86. The minimum atomic E-state index is -0.308. The summed E-state index contributed by atoms with van der Waals surface area (Å²) in [4.78, 5) is 20.9. The van der Waals surface area contributed by atoms with Crippen LogP contribution in [0.4, 0.5) is 11.5 Å². The van der Waals surface area contributed by atoms with Crippen LogP contribution in [-0.4, -0.2) is 22.4 Å². The van der Waals surface area contributed by atoms with E-state index in [4.69, 9.17) is 5.26 Å². The maximum absolute atomic E-state index is 12.4. The number of carbonyl (C=O) groups is 1. The van der Waals surface area contributed by atoms with Gasteiger partial charge in [0.25, 0.3) is 5.91 Å². The number of benzene rings is 1. The van der Waals surface area contributed by atoms with E-state index in [1.54, 1.807) is 37.3 Å². The average molecular weight is 323 g/mol. The summed E-state index contributed by atoms with van der Waals surface area (Å²) in [6.07, 6.45) is 1.02. The summed E-state index contributed by atoms with van der Waals surface area (Å²) in [5, 5.41) is 14.8. The van der Waals surface area contributed by atoms with Gasteiger partial charge in [-0.2, -0.15) is 5.26 Å². The van der Waals surface area contributed by atoms with Crippen molar-refractivity contribution in [1.29, 1.82) is 5.26 Å². The standard InChI is InChI=1S/C18H21N5O/c1-12(2)8-9-20-17-10-16(21-13(3)22-17)18(24)23-15-6-4-14(11-19)5-7-15/h4-7,10,12H,8-9H2,1-3H3,(H,23,24)(H,20,21,22). The third kappa shape index (κ3) is 5.06. The number of carbonyl (C=O) groups excluding carboxylic acids is 1. The van der Waals surface area contributed by atoms with Crippen LogP contribution in [-0.2, 0) is 0 Å². The van der Waals surface area contributed by atoms with Gasteiger partial charge in [0.05, 0.1) is 11.6 Å². The molecule has 2 rings (SSSR count). The van der Waals surface area contributed by atoms with Crippen LogP contribution in [0.1, 0.15) is 42.1 Å². The topological polar surface area (TPSA) is 90.7 Å². The van der Waals surface area contributed by atoms with E-state index in [0.717, 1.165) is 13.0 Å². The van der Waals surface area contributed by atoms with E-state index in [-0.39, 0.29) is 5.91 Å². The lowest BCUT2D eigenvalue weighted by Gasteiger charge is -2.10. The van der Waals surface area contributed by atoms with Gasteiger partial charge in [-0.15, -0.1) is 0 Å². The quantitative estimate of drug-likeness (QED) is 0.850. The van der Waals surface area contributed by atoms with Gasteiger partial charge in [0.15, 0.2) is 0 Å². The number of anilines is 2. The molecule has 0 aliphatic heterocycles. The van der Waals surface area contributed by atoms with Crippen LogP contribution in [0.25, 0.3) is 0 Å². The number of rotatable bonds is 6. The SMILES string of the molecule is Cc1nc(NCCC(C)C)cc(C(=O)Nc2ccc(C#N)cc2)n1. The molecule has 0 radical (unpaired) electrons. The Kier molecular flexibility index (Phi) is 5.85. The zero-order chi connectivity index (χ0) is 17.5. The zero-order valence-electron chi connectivity index (χ0n) is 14.1. The summed E-state index contributed by atoms with van der Waals surface area (Å²) < 4.78 is 0. The summed E-state index contributed by atoms with van der Waals surface area (Å²) in [6, 6.07) is 10.4. The number of amides is 1. The minimum absolute atomic E-state index is 0.305. The van der Waals surface area contributed by atoms with E-state index >= 15 is 0 Å². The largest absolute Gasteiger partial charge is 0.370 e. The van der Waals surface area contributed by atoms with E-state index in [1.165, 1.54) is 0 Å². The van der Waals surface area contributed by atoms with Crippen LogP contribution in [0.5, 0.6) is 0 Å². The number of nitriles is 1. The van der Waals surface area contributed by atoms with E-state index in [0.29, 0.717) is 34.5 Å². The highest BCUT2D eigenvalue weighted by Gasteiger charge is 2.11. The highest BCUT2D eigenvalue weighted by atomic mass is 16.1. The molecule has 0 saturated carbocycles. The van der Waals surface area contributed by atoms with Crippen molar-refractivity contribution in [1.82, 2.24) is 9.97 Å². The Balaban J connectivity index is 2.07. The molecule has 24 heavy (non-hydrogen) atoms. The van der Waals surface area contributed by atoms with Crippen molar-refractivity contribution < 1.29 is 4.79 Å². The predicted octanol–water partition coefficient (Wildman–Crippen LogP) is 3.37. The molecule has 1 aromatic carbocycles. The van der Waals surface area contributed by atoms with Gasteiger partial charge in [0.2, 0.25) is 0 Å². The first-order valence-corrected chi connectivity index (χ1v) is 7.89. The molecule has 1 aromatic heterocycles. The highest BCUT2D eigenvalue weighted by Crippen LogP contribution is 2.13. The van der Waals surface area contributed by atoms with Gasteiger partial charge in [-0.3, -0.25) is 4.79 Å². The molecule has 0 aliphatic carbocycles. The van der Waals surface area contributed by atoms with Gasteiger partial charge in [0.1, 0.15) is 17.3 Å². The molecule has 2 N–H and O–H groups in total. The maximum Gasteiger partial charge on any atom is 0.274 e. The fourth-order valence-electron chi connectivity index (χ4n) is 2.09. The molecule has 1 amide bonds. The van der Waals surface area contributed by atoms with Crippen molar-refractivity contribution in [2.24, 2.45) is 5.92 Å². The van der Waals surface area contributed by atoms with Crippen LogP contribution in [0.2, 0.25) is 0 Å². The Bertz CT molecular complexity index is 747. The fraction of sp³-hybridized carbons (Fsp3) is 0.333. The first-order chi connectivity index (χ1) is 11.5. The molecule has 0 bridgehead atoms. The lowest BCUT2D eigenvalue weighted by molar-refractivity contribution is 0.102. The van der Waals surface area contributed by atoms with Crippen LogP contribution < -0.4 is 10.6 Å². The second kappa shape index (κ2) is 8.06. The summed E-state index contributed by atoms with van der Waals surface area (Å²) in [5.74, 6) is 1.47. The van der Waals surface area contributed by atoms with Crippen LogP contribution in [0, 0.1) is 24.2 Å². The molecular weight excluding hydrogens is 302 g/mol. The smallest absolute Gasteiger partial charge is 0.274 e. The van der Waals surface area contributed by atoms with Gasteiger partial charge in [-0.05, 0) is 43.5 Å². The second-order valence-corrected chi connectivity index (χ2v) is 5.94. The molecule has 0 unspecified atom stereocenters. The van der Waals surface area contributed by atoms with Crippen molar-refractivity contribution in [2.75, 3.05) is 17.2 Å². The van der Waals surface area contributed by atoms with E-state index in [9.17, 15) is 4.79 Å². The summed E-state index contributed by atoms with van der Waals surface area (Å²) in [7, 11) is 0. The normalized spacial score (nSPS) is 10.3. The summed E-state index contributed by atoms with van der Waals surface area (Å²) in [5.41, 5.74) is 1.46. The lowest BCUT2D eigenvalue weighted by atomic mass is 10.1. The molecule has 0 aliphatic rings. The molecule has 6 nitrogen and oxygen atoms in total. The molecule has 0 fully saturated rings. The van der Waals surface area contributed by atoms with Gasteiger partial charge < -0.3 is 10.6 Å². The van der Waals surface area contributed by atoms with Crippen molar-refractivity contribution in [3.05, 3.63) is 47.4 Å². The summed E-state index contributed by atoms with van der Waals surface area (Å²) >= 11 is 0.